The Balaban J connectivity index is 0.00000361. The monoisotopic (exact) mass is 305 g/mol. The quantitative estimate of drug-likeness (QED) is 0.813. The van der Waals surface area contributed by atoms with Crippen LogP contribution in [0, 0.1) is 11.8 Å². The molecule has 1 fully saturated rings. The van der Waals surface area contributed by atoms with Crippen molar-refractivity contribution in [2.75, 3.05) is 39.3 Å². The van der Waals surface area contributed by atoms with Crippen molar-refractivity contribution >= 4 is 18.3 Å². The van der Waals surface area contributed by atoms with Crippen molar-refractivity contribution in [2.24, 2.45) is 11.8 Å². The lowest BCUT2D eigenvalue weighted by molar-refractivity contribution is -0.133. The van der Waals surface area contributed by atoms with Crippen LogP contribution >= 0.6 is 12.4 Å². The SMILES string of the molecule is CC(C)CN(CC(C)C)C(=O)CN1CCNC(C)C1.Cl. The Morgan fingerprint density at radius 1 is 1.25 bits per heavy atom. The van der Waals surface area contributed by atoms with Gasteiger partial charge in [-0.1, -0.05) is 27.7 Å². The number of carbonyl (C=O) groups is 1. The molecule has 1 heterocycles. The number of halogens is 1. The third-order valence-corrected chi connectivity index (χ3v) is 3.34. The molecule has 0 saturated carbocycles. The maximum atomic E-state index is 12.5. The zero-order chi connectivity index (χ0) is 14.4. The molecule has 0 spiro atoms. The van der Waals surface area contributed by atoms with Crippen LogP contribution in [0.3, 0.4) is 0 Å². The van der Waals surface area contributed by atoms with Gasteiger partial charge < -0.3 is 10.2 Å². The second-order valence-electron chi connectivity index (χ2n) is 6.68. The van der Waals surface area contributed by atoms with E-state index in [9.17, 15) is 4.79 Å². The van der Waals surface area contributed by atoms with Crippen molar-refractivity contribution in [1.82, 2.24) is 15.1 Å². The Hall–Kier alpha value is -0.320. The second kappa shape index (κ2) is 9.59. The molecule has 0 radical (unpaired) electrons. The molecule has 1 aliphatic heterocycles. The minimum absolute atomic E-state index is 0. The van der Waals surface area contributed by atoms with Crippen molar-refractivity contribution in [2.45, 2.75) is 40.7 Å². The van der Waals surface area contributed by atoms with Gasteiger partial charge in [-0.2, -0.15) is 0 Å². The van der Waals surface area contributed by atoms with E-state index in [2.05, 4.69) is 44.8 Å². The van der Waals surface area contributed by atoms with Crippen LogP contribution in [0.25, 0.3) is 0 Å². The van der Waals surface area contributed by atoms with Crippen LogP contribution in [-0.2, 0) is 4.79 Å². The van der Waals surface area contributed by atoms with Gasteiger partial charge in [0.1, 0.15) is 0 Å². The summed E-state index contributed by atoms with van der Waals surface area (Å²) in [6.07, 6.45) is 0. The standard InChI is InChI=1S/C15H31N3O.ClH/c1-12(2)8-18(9-13(3)4)15(19)11-17-7-6-16-14(5)10-17;/h12-14,16H,6-11H2,1-5H3;1H. The summed E-state index contributed by atoms with van der Waals surface area (Å²) in [7, 11) is 0. The fourth-order valence-corrected chi connectivity index (χ4v) is 2.61. The fraction of sp³-hybridized carbons (Fsp3) is 0.933. The first kappa shape index (κ1) is 19.7. The zero-order valence-corrected chi connectivity index (χ0v) is 14.5. The smallest absolute Gasteiger partial charge is 0.236 e. The van der Waals surface area contributed by atoms with Crippen LogP contribution in [0.1, 0.15) is 34.6 Å². The van der Waals surface area contributed by atoms with Gasteiger partial charge in [0.15, 0.2) is 0 Å². The molecule has 4 nitrogen and oxygen atoms in total. The molecule has 1 aliphatic rings. The van der Waals surface area contributed by atoms with E-state index < -0.39 is 0 Å². The van der Waals surface area contributed by atoms with Gasteiger partial charge in [0, 0.05) is 38.8 Å². The van der Waals surface area contributed by atoms with Crippen LogP contribution < -0.4 is 5.32 Å². The number of hydrogen-bond donors (Lipinski definition) is 1. The van der Waals surface area contributed by atoms with E-state index in [1.807, 2.05) is 4.90 Å². The molecule has 0 aliphatic carbocycles. The third kappa shape index (κ3) is 7.46. The Morgan fingerprint density at radius 2 is 1.80 bits per heavy atom. The van der Waals surface area contributed by atoms with Crippen LogP contribution in [0.2, 0.25) is 0 Å². The summed E-state index contributed by atoms with van der Waals surface area (Å²) >= 11 is 0. The maximum absolute atomic E-state index is 12.5. The van der Waals surface area contributed by atoms with E-state index in [0.717, 1.165) is 32.7 Å². The van der Waals surface area contributed by atoms with E-state index in [1.54, 1.807) is 0 Å². The van der Waals surface area contributed by atoms with Crippen LogP contribution in [0.5, 0.6) is 0 Å². The number of hydrogen-bond acceptors (Lipinski definition) is 3. The number of piperazine rings is 1. The van der Waals surface area contributed by atoms with Gasteiger partial charge in [-0.05, 0) is 18.8 Å². The average Bonchev–Trinajstić information content (AvgIpc) is 2.26. The first-order valence-electron chi connectivity index (χ1n) is 7.62. The van der Waals surface area contributed by atoms with E-state index in [0.29, 0.717) is 24.4 Å². The van der Waals surface area contributed by atoms with Crippen molar-refractivity contribution in [1.29, 1.82) is 0 Å². The summed E-state index contributed by atoms with van der Waals surface area (Å²) in [5.41, 5.74) is 0. The minimum Gasteiger partial charge on any atom is -0.341 e. The Bertz CT molecular complexity index is 274. The van der Waals surface area contributed by atoms with Gasteiger partial charge in [0.25, 0.3) is 0 Å². The lowest BCUT2D eigenvalue weighted by Gasteiger charge is -2.34. The van der Waals surface area contributed by atoms with Gasteiger partial charge in [0.2, 0.25) is 5.91 Å². The van der Waals surface area contributed by atoms with E-state index in [4.69, 9.17) is 0 Å². The number of carbonyl (C=O) groups excluding carboxylic acids is 1. The lowest BCUT2D eigenvalue weighted by Crippen LogP contribution is -2.52. The summed E-state index contributed by atoms with van der Waals surface area (Å²) in [5, 5.41) is 3.41. The predicted octanol–water partition coefficient (Wildman–Crippen LogP) is 1.84. The molecule has 0 bridgehead atoms. The normalized spacial score (nSPS) is 20.1. The number of nitrogens with one attached hydrogen (secondary N) is 1. The predicted molar refractivity (Wildman–Crippen MR) is 87.4 cm³/mol. The molecule has 1 atom stereocenters. The topological polar surface area (TPSA) is 35.6 Å². The largest absolute Gasteiger partial charge is 0.341 e. The molecule has 0 aromatic rings. The van der Waals surface area contributed by atoms with Crippen LogP contribution in [0.4, 0.5) is 0 Å². The molecule has 1 amide bonds. The average molecular weight is 306 g/mol. The molecule has 0 aromatic heterocycles. The highest BCUT2D eigenvalue weighted by molar-refractivity contribution is 5.85. The first-order valence-corrected chi connectivity index (χ1v) is 7.62. The third-order valence-electron chi connectivity index (χ3n) is 3.34. The lowest BCUT2D eigenvalue weighted by atomic mass is 10.1. The molecule has 5 heteroatoms. The van der Waals surface area contributed by atoms with Crippen LogP contribution in [-0.4, -0.2) is 61.0 Å². The van der Waals surface area contributed by atoms with Crippen LogP contribution in [0.15, 0.2) is 0 Å². The Morgan fingerprint density at radius 3 is 2.25 bits per heavy atom. The van der Waals surface area contributed by atoms with Crippen molar-refractivity contribution in [3.05, 3.63) is 0 Å². The van der Waals surface area contributed by atoms with Crippen molar-refractivity contribution in [3.63, 3.8) is 0 Å². The zero-order valence-electron chi connectivity index (χ0n) is 13.7. The summed E-state index contributed by atoms with van der Waals surface area (Å²) in [6.45, 7) is 16.1. The van der Waals surface area contributed by atoms with Gasteiger partial charge >= 0.3 is 0 Å². The van der Waals surface area contributed by atoms with Crippen molar-refractivity contribution < 1.29 is 4.79 Å². The van der Waals surface area contributed by atoms with Gasteiger partial charge in [-0.3, -0.25) is 9.69 Å². The van der Waals surface area contributed by atoms with Gasteiger partial charge in [-0.15, -0.1) is 12.4 Å². The molecule has 1 saturated heterocycles. The summed E-state index contributed by atoms with van der Waals surface area (Å²) < 4.78 is 0. The first-order chi connectivity index (χ1) is 8.88. The van der Waals surface area contributed by atoms with E-state index in [-0.39, 0.29) is 18.3 Å². The number of amides is 1. The van der Waals surface area contributed by atoms with Crippen molar-refractivity contribution in [3.8, 4) is 0 Å². The van der Waals surface area contributed by atoms with E-state index in [1.165, 1.54) is 0 Å². The van der Waals surface area contributed by atoms with E-state index >= 15 is 0 Å². The highest BCUT2D eigenvalue weighted by Gasteiger charge is 2.22. The number of rotatable bonds is 6. The summed E-state index contributed by atoms with van der Waals surface area (Å²) in [6, 6.07) is 0.491. The number of nitrogens with zero attached hydrogens (tertiary/aromatic N) is 2. The molecule has 120 valence electrons. The fourth-order valence-electron chi connectivity index (χ4n) is 2.61. The molecule has 1 rings (SSSR count). The molecule has 1 unspecified atom stereocenters. The second-order valence-corrected chi connectivity index (χ2v) is 6.68. The molecule has 20 heavy (non-hydrogen) atoms. The summed E-state index contributed by atoms with van der Waals surface area (Å²) in [5.74, 6) is 1.35. The minimum atomic E-state index is 0. The Labute approximate surface area is 130 Å². The highest BCUT2D eigenvalue weighted by Crippen LogP contribution is 2.06. The molecular weight excluding hydrogens is 274 g/mol. The molecule has 0 aromatic carbocycles. The van der Waals surface area contributed by atoms with Gasteiger partial charge in [0.05, 0.1) is 6.54 Å². The summed E-state index contributed by atoms with van der Waals surface area (Å²) in [4.78, 5) is 16.8. The van der Waals surface area contributed by atoms with Gasteiger partial charge in [-0.25, -0.2) is 0 Å². The molecular formula is C15H32ClN3O. The maximum Gasteiger partial charge on any atom is 0.236 e. The molecule has 1 N–H and O–H groups in total. The Kier molecular flexibility index (Phi) is 9.43. The highest BCUT2D eigenvalue weighted by atomic mass is 35.5.